The van der Waals surface area contributed by atoms with Gasteiger partial charge in [-0.15, -0.1) is 0 Å². The monoisotopic (exact) mass is 353 g/mol. The summed E-state index contributed by atoms with van der Waals surface area (Å²) in [6.45, 7) is 3.10. The summed E-state index contributed by atoms with van der Waals surface area (Å²) >= 11 is 0. The normalized spacial score (nSPS) is 20.5. The zero-order valence-electron chi connectivity index (χ0n) is 13.8. The largest absolute Gasteiger partial charge is 0.363 e. The molecule has 132 valence electrons. The summed E-state index contributed by atoms with van der Waals surface area (Å²) in [7, 11) is -3.64. The molecule has 0 unspecified atom stereocenters. The highest BCUT2D eigenvalue weighted by atomic mass is 32.2. The molecule has 1 saturated heterocycles. The summed E-state index contributed by atoms with van der Waals surface area (Å²) in [4.78, 5) is 15.1. The molecule has 0 radical (unpaired) electrons. The first-order valence-corrected chi connectivity index (χ1v) is 10.2. The van der Waals surface area contributed by atoms with E-state index in [-0.39, 0.29) is 10.6 Å². The van der Waals surface area contributed by atoms with Crippen molar-refractivity contribution >= 4 is 21.2 Å². The van der Waals surface area contributed by atoms with Gasteiger partial charge in [0.25, 0.3) is 0 Å². The van der Waals surface area contributed by atoms with Gasteiger partial charge in [-0.2, -0.15) is 0 Å². The third-order valence-electron chi connectivity index (χ3n) is 5.06. The summed E-state index contributed by atoms with van der Waals surface area (Å²) in [6.07, 6.45) is 6.06. The van der Waals surface area contributed by atoms with Gasteiger partial charge < -0.3 is 4.90 Å². The maximum absolute atomic E-state index is 11.9. The Morgan fingerprint density at radius 3 is 2.29 bits per heavy atom. The average molecular weight is 353 g/mol. The standard InChI is InChI=1S/C16H23N3O4S/c1-24(22,23)15-8-4-7-14(16(15)19(20)21)18-11-9-17(10-12-18)13-5-2-3-6-13/h4,7-8,13H,2-3,5-6,9-12H2,1H3. The van der Waals surface area contributed by atoms with E-state index in [4.69, 9.17) is 0 Å². The number of sulfone groups is 1. The first-order valence-electron chi connectivity index (χ1n) is 8.34. The van der Waals surface area contributed by atoms with E-state index in [0.717, 1.165) is 19.3 Å². The molecule has 1 aliphatic heterocycles. The summed E-state index contributed by atoms with van der Waals surface area (Å²) < 4.78 is 23.8. The summed E-state index contributed by atoms with van der Waals surface area (Å²) in [5.74, 6) is 0. The fourth-order valence-corrected chi connectivity index (χ4v) is 4.70. The van der Waals surface area contributed by atoms with Gasteiger partial charge in [-0.05, 0) is 25.0 Å². The minimum Gasteiger partial charge on any atom is -0.363 e. The fraction of sp³-hybridized carbons (Fsp3) is 0.625. The zero-order chi connectivity index (χ0) is 17.3. The lowest BCUT2D eigenvalue weighted by Crippen LogP contribution is -2.49. The molecule has 1 heterocycles. The molecule has 1 aliphatic carbocycles. The Labute approximate surface area is 142 Å². The van der Waals surface area contributed by atoms with Crippen molar-refractivity contribution in [3.05, 3.63) is 28.3 Å². The van der Waals surface area contributed by atoms with Crippen molar-refractivity contribution in [2.45, 2.75) is 36.6 Å². The van der Waals surface area contributed by atoms with E-state index in [9.17, 15) is 18.5 Å². The van der Waals surface area contributed by atoms with Crippen LogP contribution in [0.4, 0.5) is 11.4 Å². The molecule has 1 aromatic rings. The van der Waals surface area contributed by atoms with Crippen LogP contribution < -0.4 is 4.90 Å². The van der Waals surface area contributed by atoms with Gasteiger partial charge in [0, 0.05) is 38.5 Å². The van der Waals surface area contributed by atoms with E-state index in [2.05, 4.69) is 4.90 Å². The third-order valence-corrected chi connectivity index (χ3v) is 6.18. The van der Waals surface area contributed by atoms with Crippen LogP contribution in [0.5, 0.6) is 0 Å². The Hall–Kier alpha value is -1.67. The van der Waals surface area contributed by atoms with Crippen molar-refractivity contribution < 1.29 is 13.3 Å². The second-order valence-corrected chi connectivity index (χ2v) is 8.60. The highest BCUT2D eigenvalue weighted by molar-refractivity contribution is 7.90. The predicted octanol–water partition coefficient (Wildman–Crippen LogP) is 2.06. The molecule has 24 heavy (non-hydrogen) atoms. The van der Waals surface area contributed by atoms with Crippen molar-refractivity contribution in [3.8, 4) is 0 Å². The van der Waals surface area contributed by atoms with Gasteiger partial charge in [0.1, 0.15) is 10.6 Å². The van der Waals surface area contributed by atoms with Crippen LogP contribution in [0.15, 0.2) is 23.1 Å². The van der Waals surface area contributed by atoms with Gasteiger partial charge in [-0.25, -0.2) is 8.42 Å². The molecule has 0 atom stereocenters. The molecule has 3 rings (SSSR count). The number of nitro groups is 1. The second-order valence-electron chi connectivity index (χ2n) is 6.61. The molecular weight excluding hydrogens is 330 g/mol. The van der Waals surface area contributed by atoms with Crippen molar-refractivity contribution in [1.29, 1.82) is 0 Å². The van der Waals surface area contributed by atoms with Crippen LogP contribution in [0.2, 0.25) is 0 Å². The lowest BCUT2D eigenvalue weighted by molar-refractivity contribution is -0.387. The van der Waals surface area contributed by atoms with E-state index in [1.807, 2.05) is 4.90 Å². The van der Waals surface area contributed by atoms with Crippen LogP contribution in [-0.2, 0) is 9.84 Å². The van der Waals surface area contributed by atoms with Gasteiger partial charge in [0.2, 0.25) is 0 Å². The number of nitrogens with zero attached hydrogens (tertiary/aromatic N) is 3. The zero-order valence-corrected chi connectivity index (χ0v) is 14.7. The fourth-order valence-electron chi connectivity index (χ4n) is 3.85. The third kappa shape index (κ3) is 3.39. The topological polar surface area (TPSA) is 83.8 Å². The summed E-state index contributed by atoms with van der Waals surface area (Å²) in [6, 6.07) is 5.19. The Morgan fingerprint density at radius 1 is 1.12 bits per heavy atom. The molecule has 1 aromatic carbocycles. The number of rotatable bonds is 4. The molecule has 0 spiro atoms. The molecular formula is C16H23N3O4S. The molecule has 2 aliphatic rings. The summed E-state index contributed by atoms with van der Waals surface area (Å²) in [5, 5.41) is 11.5. The minimum atomic E-state index is -3.64. The molecule has 1 saturated carbocycles. The van der Waals surface area contributed by atoms with Crippen LogP contribution in [-0.4, -0.2) is 56.7 Å². The second kappa shape index (κ2) is 6.68. The van der Waals surface area contributed by atoms with Crippen molar-refractivity contribution in [2.24, 2.45) is 0 Å². The van der Waals surface area contributed by atoms with Crippen molar-refractivity contribution in [1.82, 2.24) is 4.90 Å². The van der Waals surface area contributed by atoms with Gasteiger partial charge >= 0.3 is 5.69 Å². The molecule has 0 bridgehead atoms. The van der Waals surface area contributed by atoms with E-state index < -0.39 is 14.8 Å². The Bertz CT molecular complexity index is 721. The van der Waals surface area contributed by atoms with Crippen LogP contribution in [0, 0.1) is 10.1 Å². The molecule has 7 nitrogen and oxygen atoms in total. The number of anilines is 1. The number of hydrogen-bond donors (Lipinski definition) is 0. The maximum Gasteiger partial charge on any atom is 0.311 e. The Kier molecular flexibility index (Phi) is 4.78. The maximum atomic E-state index is 11.9. The molecule has 8 heteroatoms. The average Bonchev–Trinajstić information content (AvgIpc) is 3.08. The summed E-state index contributed by atoms with van der Waals surface area (Å²) in [5.41, 5.74) is 0.114. The lowest BCUT2D eigenvalue weighted by Gasteiger charge is -2.39. The first-order chi connectivity index (χ1) is 11.4. The Morgan fingerprint density at radius 2 is 1.75 bits per heavy atom. The number of nitro benzene ring substituents is 1. The van der Waals surface area contributed by atoms with Crippen LogP contribution >= 0.6 is 0 Å². The number of benzene rings is 1. The van der Waals surface area contributed by atoms with Crippen LogP contribution in [0.25, 0.3) is 0 Å². The van der Waals surface area contributed by atoms with E-state index >= 15 is 0 Å². The molecule has 0 amide bonds. The Balaban J connectivity index is 1.84. The highest BCUT2D eigenvalue weighted by Crippen LogP contribution is 2.35. The molecule has 2 fully saturated rings. The van der Waals surface area contributed by atoms with E-state index in [0.29, 0.717) is 24.8 Å². The van der Waals surface area contributed by atoms with Crippen LogP contribution in [0.1, 0.15) is 25.7 Å². The SMILES string of the molecule is CS(=O)(=O)c1cccc(N2CCN(C3CCCC3)CC2)c1[N+](=O)[O-]. The lowest BCUT2D eigenvalue weighted by atomic mass is 10.1. The van der Waals surface area contributed by atoms with Gasteiger partial charge in [-0.3, -0.25) is 15.0 Å². The number of piperazine rings is 1. The van der Waals surface area contributed by atoms with E-state index in [1.165, 1.54) is 31.7 Å². The quantitative estimate of drug-likeness (QED) is 0.608. The minimum absolute atomic E-state index is 0.205. The number of hydrogen-bond acceptors (Lipinski definition) is 6. The van der Waals surface area contributed by atoms with Crippen molar-refractivity contribution in [3.63, 3.8) is 0 Å². The smallest absolute Gasteiger partial charge is 0.311 e. The highest BCUT2D eigenvalue weighted by Gasteiger charge is 2.32. The van der Waals surface area contributed by atoms with Gasteiger partial charge in [-0.1, -0.05) is 18.9 Å². The van der Waals surface area contributed by atoms with Crippen molar-refractivity contribution in [2.75, 3.05) is 37.3 Å². The molecule has 0 aromatic heterocycles. The van der Waals surface area contributed by atoms with Gasteiger partial charge in [0.05, 0.1) is 4.92 Å². The molecule has 0 N–H and O–H groups in total. The predicted molar refractivity (Wildman–Crippen MR) is 92.2 cm³/mol. The number of para-hydroxylation sites is 1. The first kappa shape index (κ1) is 17.2. The van der Waals surface area contributed by atoms with Gasteiger partial charge in [0.15, 0.2) is 9.84 Å². The van der Waals surface area contributed by atoms with E-state index in [1.54, 1.807) is 12.1 Å². The van der Waals surface area contributed by atoms with Crippen LogP contribution in [0.3, 0.4) is 0 Å².